The summed E-state index contributed by atoms with van der Waals surface area (Å²) in [4.78, 5) is 28.7. The highest BCUT2D eigenvalue weighted by atomic mass is 32.2. The largest absolute Gasteiger partial charge is 0.351 e. The fourth-order valence-corrected chi connectivity index (χ4v) is 6.12. The number of anilines is 1. The van der Waals surface area contributed by atoms with E-state index in [2.05, 4.69) is 20.6 Å². The maximum absolute atomic E-state index is 14.8. The smallest absolute Gasteiger partial charge is 0.251 e. The SMILES string of the molecule is Cc1ccc(C(=O)NCc2cc3nc(-c4ccc(F)c(N5CCNC6(CC6)C5)n4)ccc3cn2)cc1S(C)(=O)=O. The van der Waals surface area contributed by atoms with Crippen LogP contribution in [0.4, 0.5) is 10.2 Å². The van der Waals surface area contributed by atoms with Gasteiger partial charge in [0.15, 0.2) is 21.5 Å². The Morgan fingerprint density at radius 1 is 1.10 bits per heavy atom. The van der Waals surface area contributed by atoms with Gasteiger partial charge in [0, 0.05) is 48.6 Å². The van der Waals surface area contributed by atoms with Crippen molar-refractivity contribution in [1.29, 1.82) is 0 Å². The molecule has 11 heteroatoms. The fraction of sp³-hybridized carbons (Fsp3) is 0.310. The van der Waals surface area contributed by atoms with Crippen LogP contribution in [0.15, 0.2) is 59.6 Å². The Morgan fingerprint density at radius 2 is 1.88 bits per heavy atom. The van der Waals surface area contributed by atoms with Crippen molar-refractivity contribution < 1.29 is 17.6 Å². The molecule has 0 atom stereocenters. The predicted molar refractivity (Wildman–Crippen MR) is 150 cm³/mol. The Balaban J connectivity index is 1.21. The minimum Gasteiger partial charge on any atom is -0.351 e. The van der Waals surface area contributed by atoms with Gasteiger partial charge in [-0.25, -0.2) is 22.8 Å². The van der Waals surface area contributed by atoms with E-state index in [1.807, 2.05) is 17.0 Å². The van der Waals surface area contributed by atoms with E-state index in [0.717, 1.165) is 37.6 Å². The van der Waals surface area contributed by atoms with Gasteiger partial charge in [-0.1, -0.05) is 6.07 Å². The van der Waals surface area contributed by atoms with E-state index in [1.54, 1.807) is 37.4 Å². The molecule has 40 heavy (non-hydrogen) atoms. The molecule has 1 saturated carbocycles. The van der Waals surface area contributed by atoms with Gasteiger partial charge in [-0.15, -0.1) is 0 Å². The molecule has 1 aliphatic carbocycles. The number of hydrogen-bond donors (Lipinski definition) is 2. The van der Waals surface area contributed by atoms with Crippen molar-refractivity contribution in [1.82, 2.24) is 25.6 Å². The first-order valence-corrected chi connectivity index (χ1v) is 15.0. The Morgan fingerprint density at radius 3 is 2.65 bits per heavy atom. The zero-order chi connectivity index (χ0) is 28.1. The first-order chi connectivity index (χ1) is 19.1. The quantitative estimate of drug-likeness (QED) is 0.369. The highest BCUT2D eigenvalue weighted by molar-refractivity contribution is 7.90. The summed E-state index contributed by atoms with van der Waals surface area (Å²) in [5, 5.41) is 7.15. The summed E-state index contributed by atoms with van der Waals surface area (Å²) < 4.78 is 38.9. The van der Waals surface area contributed by atoms with Crippen molar-refractivity contribution in [2.24, 2.45) is 0 Å². The highest BCUT2D eigenvalue weighted by Crippen LogP contribution is 2.39. The van der Waals surface area contributed by atoms with E-state index in [0.29, 0.717) is 40.5 Å². The third-order valence-corrected chi connectivity index (χ3v) is 8.77. The van der Waals surface area contributed by atoms with Crippen LogP contribution in [0.2, 0.25) is 0 Å². The maximum Gasteiger partial charge on any atom is 0.251 e. The summed E-state index contributed by atoms with van der Waals surface area (Å²) in [5.41, 5.74) is 3.37. The molecule has 1 spiro atoms. The van der Waals surface area contributed by atoms with Gasteiger partial charge in [-0.2, -0.15) is 0 Å². The lowest BCUT2D eigenvalue weighted by Crippen LogP contribution is -2.53. The number of carbonyl (C=O) groups is 1. The fourth-order valence-electron chi connectivity index (χ4n) is 5.13. The summed E-state index contributed by atoms with van der Waals surface area (Å²) in [6.45, 7) is 4.06. The van der Waals surface area contributed by atoms with Gasteiger partial charge in [-0.3, -0.25) is 9.78 Å². The second-order valence-electron chi connectivity index (χ2n) is 10.6. The molecule has 1 amide bonds. The number of rotatable bonds is 6. The summed E-state index contributed by atoms with van der Waals surface area (Å²) in [5.74, 6) is -0.403. The Hall–Kier alpha value is -3.96. The molecule has 3 aromatic heterocycles. The standard InChI is InChI=1S/C29H29FN6O3S/c1-18-3-4-19(13-26(18)40(2,38)39)28(37)32-16-21-14-25-20(15-31-21)5-7-23(34-25)24-8-6-22(30)27(35-24)36-12-11-33-29(17-36)9-10-29/h3-8,13-15,33H,9-12,16-17H2,1-2H3,(H,32,37). The van der Waals surface area contributed by atoms with Crippen molar-refractivity contribution >= 4 is 32.5 Å². The lowest BCUT2D eigenvalue weighted by atomic mass is 10.1. The van der Waals surface area contributed by atoms with Gasteiger partial charge in [0.05, 0.1) is 34.0 Å². The number of benzene rings is 1. The minimum absolute atomic E-state index is 0.0951. The summed E-state index contributed by atoms with van der Waals surface area (Å²) in [7, 11) is -3.45. The minimum atomic E-state index is -3.45. The normalized spacial score (nSPS) is 16.3. The number of halogens is 1. The van der Waals surface area contributed by atoms with Crippen molar-refractivity contribution in [3.8, 4) is 11.4 Å². The molecule has 0 radical (unpaired) electrons. The van der Waals surface area contributed by atoms with Crippen LogP contribution in [0.1, 0.15) is 34.5 Å². The number of fused-ring (bicyclic) bond motifs is 1. The summed E-state index contributed by atoms with van der Waals surface area (Å²) in [6.07, 6.45) is 5.00. The summed E-state index contributed by atoms with van der Waals surface area (Å²) >= 11 is 0. The number of sulfone groups is 1. The predicted octanol–water partition coefficient (Wildman–Crippen LogP) is 3.42. The Kier molecular flexibility index (Phi) is 6.50. The number of carbonyl (C=O) groups excluding carboxylic acids is 1. The van der Waals surface area contributed by atoms with Crippen molar-refractivity contribution in [2.75, 3.05) is 30.8 Å². The molecule has 4 heterocycles. The lowest BCUT2D eigenvalue weighted by Gasteiger charge is -2.35. The average molecular weight is 561 g/mol. The zero-order valence-electron chi connectivity index (χ0n) is 22.2. The third kappa shape index (κ3) is 5.26. The molecule has 206 valence electrons. The number of nitrogens with zero attached hydrogens (tertiary/aromatic N) is 4. The van der Waals surface area contributed by atoms with E-state index in [9.17, 15) is 17.6 Å². The molecule has 4 aromatic rings. The summed E-state index contributed by atoms with van der Waals surface area (Å²) in [6, 6.07) is 13.2. The van der Waals surface area contributed by atoms with Crippen LogP contribution in [0, 0.1) is 12.7 Å². The molecule has 1 saturated heterocycles. The topological polar surface area (TPSA) is 117 Å². The third-order valence-electron chi connectivity index (χ3n) is 7.53. The molecular formula is C29H29FN6O3S. The number of nitrogens with one attached hydrogen (secondary N) is 2. The van der Waals surface area contributed by atoms with E-state index in [1.165, 1.54) is 12.1 Å². The lowest BCUT2D eigenvalue weighted by molar-refractivity contribution is 0.0950. The van der Waals surface area contributed by atoms with Gasteiger partial charge >= 0.3 is 0 Å². The van der Waals surface area contributed by atoms with E-state index < -0.39 is 15.7 Å². The monoisotopic (exact) mass is 560 g/mol. The Bertz CT molecular complexity index is 1760. The van der Waals surface area contributed by atoms with Crippen LogP contribution in [0.25, 0.3) is 22.3 Å². The van der Waals surface area contributed by atoms with E-state index >= 15 is 0 Å². The van der Waals surface area contributed by atoms with Crippen molar-refractivity contribution in [3.05, 3.63) is 77.4 Å². The maximum atomic E-state index is 14.8. The van der Waals surface area contributed by atoms with Gasteiger partial charge in [0.25, 0.3) is 5.91 Å². The van der Waals surface area contributed by atoms with Gasteiger partial charge < -0.3 is 15.5 Å². The van der Waals surface area contributed by atoms with Crippen LogP contribution in [-0.4, -0.2) is 60.7 Å². The number of pyridine rings is 3. The number of hydrogen-bond acceptors (Lipinski definition) is 8. The number of aryl methyl sites for hydroxylation is 1. The number of amides is 1. The molecule has 2 fully saturated rings. The van der Waals surface area contributed by atoms with Gasteiger partial charge in [0.1, 0.15) is 0 Å². The van der Waals surface area contributed by atoms with Crippen LogP contribution in [0.5, 0.6) is 0 Å². The molecule has 0 bridgehead atoms. The number of aromatic nitrogens is 3. The van der Waals surface area contributed by atoms with Gasteiger partial charge in [0.2, 0.25) is 0 Å². The second-order valence-corrected chi connectivity index (χ2v) is 12.6. The van der Waals surface area contributed by atoms with Gasteiger partial charge in [-0.05, 0) is 67.8 Å². The second kappa shape index (κ2) is 9.90. The highest BCUT2D eigenvalue weighted by Gasteiger charge is 2.46. The molecule has 1 aliphatic heterocycles. The number of piperazine rings is 1. The van der Waals surface area contributed by atoms with E-state index in [-0.39, 0.29) is 28.4 Å². The molecule has 1 aromatic carbocycles. The van der Waals surface area contributed by atoms with E-state index in [4.69, 9.17) is 4.98 Å². The molecule has 6 rings (SSSR count). The molecular weight excluding hydrogens is 531 g/mol. The first-order valence-electron chi connectivity index (χ1n) is 13.1. The van der Waals surface area contributed by atoms with Crippen molar-refractivity contribution in [2.45, 2.75) is 36.7 Å². The first kappa shape index (κ1) is 26.3. The molecule has 0 unspecified atom stereocenters. The van der Waals surface area contributed by atoms with Crippen LogP contribution in [-0.2, 0) is 16.4 Å². The molecule has 2 N–H and O–H groups in total. The van der Waals surface area contributed by atoms with Crippen LogP contribution in [0.3, 0.4) is 0 Å². The van der Waals surface area contributed by atoms with Crippen LogP contribution < -0.4 is 15.5 Å². The average Bonchev–Trinajstić information content (AvgIpc) is 3.68. The van der Waals surface area contributed by atoms with Crippen molar-refractivity contribution in [3.63, 3.8) is 0 Å². The Labute approximate surface area is 231 Å². The van der Waals surface area contributed by atoms with Crippen LogP contribution >= 0.6 is 0 Å². The molecule has 9 nitrogen and oxygen atoms in total. The molecule has 2 aliphatic rings. The zero-order valence-corrected chi connectivity index (χ0v) is 23.1.